The predicted molar refractivity (Wildman–Crippen MR) is 57.1 cm³/mol. The van der Waals surface area contributed by atoms with Gasteiger partial charge in [0, 0.05) is 35.9 Å². The lowest BCUT2D eigenvalue weighted by Crippen LogP contribution is -2.19. The summed E-state index contributed by atoms with van der Waals surface area (Å²) in [5, 5.41) is 3.24. The second-order valence-corrected chi connectivity index (χ2v) is 4.49. The summed E-state index contributed by atoms with van der Waals surface area (Å²) < 4.78 is 10.7. The smallest absolute Gasteiger partial charge is 0.0357 e. The van der Waals surface area contributed by atoms with Crippen LogP contribution in [0, 0.1) is 0 Å². The molecule has 0 radical (unpaired) electrons. The molecular weight excluding hydrogens is 182 g/mol. The van der Waals surface area contributed by atoms with Gasteiger partial charge in [-0.1, -0.05) is 30.3 Å². The van der Waals surface area contributed by atoms with E-state index in [2.05, 4.69) is 17.4 Å². The Morgan fingerprint density at radius 3 is 2.62 bits per heavy atom. The molecule has 0 aliphatic heterocycles. The summed E-state index contributed by atoms with van der Waals surface area (Å²) in [6, 6.07) is 10.2. The monoisotopic (exact) mass is 197 g/mol. The first-order valence-electron chi connectivity index (χ1n) is 4.33. The van der Waals surface area contributed by atoms with Gasteiger partial charge in [0.1, 0.15) is 0 Å². The molecule has 0 saturated heterocycles. The highest BCUT2D eigenvalue weighted by molar-refractivity contribution is 7.84. The van der Waals surface area contributed by atoms with E-state index in [-0.39, 0.29) is 0 Å². The molecule has 1 atom stereocenters. The number of rotatable bonds is 5. The van der Waals surface area contributed by atoms with Crippen LogP contribution in [-0.4, -0.2) is 22.8 Å². The summed E-state index contributed by atoms with van der Waals surface area (Å²) in [6.45, 7) is 1.68. The van der Waals surface area contributed by atoms with Gasteiger partial charge in [-0.25, -0.2) is 0 Å². The van der Waals surface area contributed by atoms with Crippen LogP contribution in [0.5, 0.6) is 0 Å². The topological polar surface area (TPSA) is 29.1 Å². The Bertz CT molecular complexity index is 261. The third-order valence-corrected chi connectivity index (χ3v) is 2.52. The van der Waals surface area contributed by atoms with Gasteiger partial charge in [-0.05, 0) is 5.56 Å². The molecule has 0 saturated carbocycles. The van der Waals surface area contributed by atoms with Crippen LogP contribution in [0.2, 0.25) is 0 Å². The van der Waals surface area contributed by atoms with Crippen molar-refractivity contribution in [2.24, 2.45) is 0 Å². The first-order chi connectivity index (χ1) is 6.29. The maximum atomic E-state index is 10.7. The van der Waals surface area contributed by atoms with Crippen molar-refractivity contribution in [3.05, 3.63) is 35.9 Å². The highest BCUT2D eigenvalue weighted by atomic mass is 32.2. The Balaban J connectivity index is 2.17. The van der Waals surface area contributed by atoms with Crippen LogP contribution in [0.1, 0.15) is 5.56 Å². The fourth-order valence-corrected chi connectivity index (χ4v) is 1.48. The molecule has 72 valence electrons. The van der Waals surface area contributed by atoms with Crippen LogP contribution in [0.3, 0.4) is 0 Å². The SMILES string of the molecule is CS(=O)CCNCc1ccccc1. The van der Waals surface area contributed by atoms with Crippen molar-refractivity contribution in [1.82, 2.24) is 5.32 Å². The van der Waals surface area contributed by atoms with E-state index in [0.29, 0.717) is 0 Å². The summed E-state index contributed by atoms with van der Waals surface area (Å²) in [4.78, 5) is 0. The lowest BCUT2D eigenvalue weighted by molar-refractivity contribution is 0.676. The van der Waals surface area contributed by atoms with Crippen molar-refractivity contribution < 1.29 is 4.21 Å². The van der Waals surface area contributed by atoms with Gasteiger partial charge in [0.2, 0.25) is 0 Å². The van der Waals surface area contributed by atoms with Gasteiger partial charge in [-0.15, -0.1) is 0 Å². The Labute approximate surface area is 81.8 Å². The largest absolute Gasteiger partial charge is 0.312 e. The molecule has 0 amide bonds. The van der Waals surface area contributed by atoms with E-state index in [9.17, 15) is 4.21 Å². The lowest BCUT2D eigenvalue weighted by atomic mass is 10.2. The first-order valence-corrected chi connectivity index (χ1v) is 6.06. The number of hydrogen-bond donors (Lipinski definition) is 1. The van der Waals surface area contributed by atoms with Crippen LogP contribution < -0.4 is 5.32 Å². The molecule has 0 fully saturated rings. The van der Waals surface area contributed by atoms with Gasteiger partial charge in [-0.2, -0.15) is 0 Å². The number of benzene rings is 1. The maximum Gasteiger partial charge on any atom is 0.0357 e. The van der Waals surface area contributed by atoms with Gasteiger partial charge in [-0.3, -0.25) is 4.21 Å². The van der Waals surface area contributed by atoms with Crippen molar-refractivity contribution in [3.8, 4) is 0 Å². The summed E-state index contributed by atoms with van der Waals surface area (Å²) >= 11 is 0. The minimum atomic E-state index is -0.686. The number of hydrogen-bond acceptors (Lipinski definition) is 2. The lowest BCUT2D eigenvalue weighted by Gasteiger charge is -2.02. The van der Waals surface area contributed by atoms with E-state index < -0.39 is 10.8 Å². The second kappa shape index (κ2) is 5.89. The molecule has 0 spiro atoms. The van der Waals surface area contributed by atoms with Gasteiger partial charge in [0.25, 0.3) is 0 Å². The molecule has 0 bridgehead atoms. The fourth-order valence-electron chi connectivity index (χ4n) is 1.04. The minimum absolute atomic E-state index is 0.686. The molecule has 13 heavy (non-hydrogen) atoms. The molecule has 0 aliphatic rings. The molecule has 1 N–H and O–H groups in total. The zero-order chi connectivity index (χ0) is 9.52. The normalized spacial score (nSPS) is 12.7. The van der Waals surface area contributed by atoms with Gasteiger partial charge in [0.15, 0.2) is 0 Å². The van der Waals surface area contributed by atoms with Gasteiger partial charge in [0.05, 0.1) is 0 Å². The van der Waals surface area contributed by atoms with Crippen molar-refractivity contribution >= 4 is 10.8 Å². The van der Waals surface area contributed by atoms with Crippen LogP contribution in [0.25, 0.3) is 0 Å². The minimum Gasteiger partial charge on any atom is -0.312 e. The Kier molecular flexibility index (Phi) is 4.72. The molecule has 3 heteroatoms. The molecule has 2 nitrogen and oxygen atoms in total. The molecule has 0 heterocycles. The van der Waals surface area contributed by atoms with Crippen molar-refractivity contribution in [2.75, 3.05) is 18.6 Å². The average molecular weight is 197 g/mol. The van der Waals surface area contributed by atoms with Crippen LogP contribution in [0.15, 0.2) is 30.3 Å². The maximum absolute atomic E-state index is 10.7. The van der Waals surface area contributed by atoms with Crippen LogP contribution >= 0.6 is 0 Å². The van der Waals surface area contributed by atoms with Gasteiger partial charge >= 0.3 is 0 Å². The third-order valence-electron chi connectivity index (χ3n) is 1.74. The Morgan fingerprint density at radius 1 is 1.31 bits per heavy atom. The predicted octanol–water partition coefficient (Wildman–Crippen LogP) is 1.15. The third kappa shape index (κ3) is 4.80. The Morgan fingerprint density at radius 2 is 2.00 bits per heavy atom. The quantitative estimate of drug-likeness (QED) is 0.718. The molecule has 1 rings (SSSR count). The molecule has 1 aromatic rings. The van der Waals surface area contributed by atoms with E-state index in [4.69, 9.17) is 0 Å². The average Bonchev–Trinajstić information content (AvgIpc) is 2.14. The Hall–Kier alpha value is -0.670. The second-order valence-electron chi connectivity index (χ2n) is 2.94. The van der Waals surface area contributed by atoms with Crippen LogP contribution in [-0.2, 0) is 17.3 Å². The van der Waals surface area contributed by atoms with E-state index in [1.807, 2.05) is 18.2 Å². The summed E-state index contributed by atoms with van der Waals surface area (Å²) in [5.41, 5.74) is 1.27. The van der Waals surface area contributed by atoms with Crippen LogP contribution in [0.4, 0.5) is 0 Å². The van der Waals surface area contributed by atoms with E-state index in [0.717, 1.165) is 18.8 Å². The zero-order valence-electron chi connectivity index (χ0n) is 7.82. The molecular formula is C10H15NOS. The van der Waals surface area contributed by atoms with Gasteiger partial charge < -0.3 is 5.32 Å². The summed E-state index contributed by atoms with van der Waals surface area (Å²) in [7, 11) is -0.686. The standard InChI is InChI=1S/C10H15NOS/c1-13(12)8-7-11-9-10-5-3-2-4-6-10/h2-6,11H,7-9H2,1H3. The van der Waals surface area contributed by atoms with E-state index in [1.165, 1.54) is 5.56 Å². The highest BCUT2D eigenvalue weighted by Crippen LogP contribution is 1.96. The van der Waals surface area contributed by atoms with Crippen molar-refractivity contribution in [2.45, 2.75) is 6.54 Å². The van der Waals surface area contributed by atoms with Crippen molar-refractivity contribution in [1.29, 1.82) is 0 Å². The summed E-state index contributed by atoms with van der Waals surface area (Å²) in [6.07, 6.45) is 1.73. The van der Waals surface area contributed by atoms with E-state index >= 15 is 0 Å². The molecule has 0 aromatic heterocycles. The summed E-state index contributed by atoms with van der Waals surface area (Å²) in [5.74, 6) is 0.729. The first kappa shape index (κ1) is 10.4. The zero-order valence-corrected chi connectivity index (χ0v) is 8.64. The molecule has 0 aliphatic carbocycles. The van der Waals surface area contributed by atoms with Crippen molar-refractivity contribution in [3.63, 3.8) is 0 Å². The highest BCUT2D eigenvalue weighted by Gasteiger charge is 1.92. The molecule has 1 aromatic carbocycles. The van der Waals surface area contributed by atoms with E-state index in [1.54, 1.807) is 6.26 Å². The fraction of sp³-hybridized carbons (Fsp3) is 0.400. The molecule has 1 unspecified atom stereocenters. The number of nitrogens with one attached hydrogen (secondary N) is 1.